The lowest BCUT2D eigenvalue weighted by Gasteiger charge is -2.25. The standard InChI is InChI=1S/C20H25FN2O2/c1-20(2,3)17-13-22-18(25-17)9-10-19(24)23-11-5-8-16(23)14-6-4-7-15(21)12-14/h4,6-7,12-13,16H,5,8-11H2,1-3H3/t16-/m1/s1. The van der Waals surface area contributed by atoms with Gasteiger partial charge in [0.25, 0.3) is 0 Å². The lowest BCUT2D eigenvalue weighted by atomic mass is 9.94. The summed E-state index contributed by atoms with van der Waals surface area (Å²) in [5.41, 5.74) is 0.782. The van der Waals surface area contributed by atoms with Crippen LogP contribution in [-0.2, 0) is 16.6 Å². The zero-order chi connectivity index (χ0) is 18.0. The number of nitrogens with zero attached hydrogens (tertiary/aromatic N) is 2. The van der Waals surface area contributed by atoms with Crippen LogP contribution in [0.2, 0.25) is 0 Å². The molecule has 0 radical (unpaired) electrons. The Bertz CT molecular complexity index is 748. The van der Waals surface area contributed by atoms with Crippen molar-refractivity contribution in [2.24, 2.45) is 0 Å². The van der Waals surface area contributed by atoms with Gasteiger partial charge in [0.05, 0.1) is 12.2 Å². The molecule has 0 unspecified atom stereocenters. The molecule has 1 fully saturated rings. The summed E-state index contributed by atoms with van der Waals surface area (Å²) in [6.07, 6.45) is 4.41. The first-order chi connectivity index (χ1) is 11.8. The highest BCUT2D eigenvalue weighted by Crippen LogP contribution is 2.33. The molecule has 134 valence electrons. The quantitative estimate of drug-likeness (QED) is 0.825. The second-order valence-corrected chi connectivity index (χ2v) is 7.67. The van der Waals surface area contributed by atoms with Crippen molar-refractivity contribution in [1.29, 1.82) is 0 Å². The fraction of sp³-hybridized carbons (Fsp3) is 0.500. The summed E-state index contributed by atoms with van der Waals surface area (Å²) in [5, 5.41) is 0. The number of hydrogen-bond acceptors (Lipinski definition) is 3. The molecule has 25 heavy (non-hydrogen) atoms. The molecule has 1 aliphatic heterocycles. The van der Waals surface area contributed by atoms with Gasteiger partial charge in [0, 0.05) is 24.8 Å². The van der Waals surface area contributed by atoms with Crippen LogP contribution >= 0.6 is 0 Å². The van der Waals surface area contributed by atoms with Crippen molar-refractivity contribution in [3.8, 4) is 0 Å². The number of rotatable bonds is 4. The summed E-state index contributed by atoms with van der Waals surface area (Å²) >= 11 is 0. The number of halogens is 1. The molecule has 1 aliphatic rings. The second kappa shape index (κ2) is 6.98. The summed E-state index contributed by atoms with van der Waals surface area (Å²) < 4.78 is 19.2. The number of amides is 1. The van der Waals surface area contributed by atoms with E-state index in [0.717, 1.165) is 30.7 Å². The first-order valence-corrected chi connectivity index (χ1v) is 8.85. The molecule has 2 heterocycles. The van der Waals surface area contributed by atoms with Gasteiger partial charge in [0.15, 0.2) is 5.89 Å². The van der Waals surface area contributed by atoms with Crippen LogP contribution in [0.5, 0.6) is 0 Å². The van der Waals surface area contributed by atoms with E-state index < -0.39 is 0 Å². The van der Waals surface area contributed by atoms with Crippen molar-refractivity contribution in [2.75, 3.05) is 6.54 Å². The summed E-state index contributed by atoms with van der Waals surface area (Å²) in [4.78, 5) is 18.8. The third-order valence-corrected chi connectivity index (χ3v) is 4.65. The van der Waals surface area contributed by atoms with Gasteiger partial charge in [0.2, 0.25) is 5.91 Å². The van der Waals surface area contributed by atoms with Gasteiger partial charge in [-0.2, -0.15) is 0 Å². The summed E-state index contributed by atoms with van der Waals surface area (Å²) in [6, 6.07) is 6.52. The summed E-state index contributed by atoms with van der Waals surface area (Å²) in [7, 11) is 0. The molecule has 1 aromatic carbocycles. The van der Waals surface area contributed by atoms with Crippen LogP contribution in [0.15, 0.2) is 34.9 Å². The fourth-order valence-electron chi connectivity index (χ4n) is 3.26. The fourth-order valence-corrected chi connectivity index (χ4v) is 3.26. The zero-order valence-electron chi connectivity index (χ0n) is 15.1. The number of likely N-dealkylation sites (tertiary alicyclic amines) is 1. The third-order valence-electron chi connectivity index (χ3n) is 4.65. The zero-order valence-corrected chi connectivity index (χ0v) is 15.1. The summed E-state index contributed by atoms with van der Waals surface area (Å²) in [5.74, 6) is 1.24. The average Bonchev–Trinajstić information content (AvgIpc) is 3.21. The molecule has 3 rings (SSSR count). The van der Waals surface area contributed by atoms with Crippen molar-refractivity contribution >= 4 is 5.91 Å². The van der Waals surface area contributed by atoms with Crippen LogP contribution in [-0.4, -0.2) is 22.3 Å². The van der Waals surface area contributed by atoms with Crippen LogP contribution in [0.4, 0.5) is 4.39 Å². The Hall–Kier alpha value is -2.17. The first-order valence-electron chi connectivity index (χ1n) is 8.85. The van der Waals surface area contributed by atoms with E-state index in [1.165, 1.54) is 12.1 Å². The van der Waals surface area contributed by atoms with Crippen LogP contribution in [0, 0.1) is 5.82 Å². The van der Waals surface area contributed by atoms with Gasteiger partial charge in [-0.3, -0.25) is 4.79 Å². The Morgan fingerprint density at radius 3 is 2.88 bits per heavy atom. The summed E-state index contributed by atoms with van der Waals surface area (Å²) in [6.45, 7) is 6.92. The van der Waals surface area contributed by atoms with E-state index in [1.54, 1.807) is 12.3 Å². The molecule has 1 atom stereocenters. The van der Waals surface area contributed by atoms with E-state index in [9.17, 15) is 9.18 Å². The molecule has 0 bridgehead atoms. The smallest absolute Gasteiger partial charge is 0.223 e. The number of benzene rings is 1. The van der Waals surface area contributed by atoms with Crippen molar-refractivity contribution in [3.63, 3.8) is 0 Å². The van der Waals surface area contributed by atoms with Crippen LogP contribution in [0.25, 0.3) is 0 Å². The van der Waals surface area contributed by atoms with Crippen molar-refractivity contribution < 1.29 is 13.6 Å². The van der Waals surface area contributed by atoms with Gasteiger partial charge in [0.1, 0.15) is 11.6 Å². The van der Waals surface area contributed by atoms with Gasteiger partial charge in [-0.1, -0.05) is 32.9 Å². The van der Waals surface area contributed by atoms with E-state index in [4.69, 9.17) is 4.42 Å². The highest BCUT2D eigenvalue weighted by atomic mass is 19.1. The van der Waals surface area contributed by atoms with Crippen molar-refractivity contribution in [2.45, 2.75) is 57.9 Å². The Morgan fingerprint density at radius 1 is 1.40 bits per heavy atom. The number of carbonyl (C=O) groups excluding carboxylic acids is 1. The normalized spacial score (nSPS) is 17.9. The molecular weight excluding hydrogens is 319 g/mol. The van der Waals surface area contributed by atoms with Gasteiger partial charge in [-0.15, -0.1) is 0 Å². The highest BCUT2D eigenvalue weighted by Gasteiger charge is 2.30. The largest absolute Gasteiger partial charge is 0.445 e. The lowest BCUT2D eigenvalue weighted by molar-refractivity contribution is -0.132. The first kappa shape index (κ1) is 17.6. The van der Waals surface area contributed by atoms with E-state index >= 15 is 0 Å². The predicted octanol–water partition coefficient (Wildman–Crippen LogP) is 4.41. The molecule has 1 saturated heterocycles. The minimum absolute atomic E-state index is 0.0297. The minimum atomic E-state index is -0.258. The third kappa shape index (κ3) is 4.09. The van der Waals surface area contributed by atoms with E-state index in [-0.39, 0.29) is 23.2 Å². The monoisotopic (exact) mass is 344 g/mol. The number of oxazole rings is 1. The molecule has 4 nitrogen and oxygen atoms in total. The molecule has 5 heteroatoms. The topological polar surface area (TPSA) is 46.3 Å². The van der Waals surface area contributed by atoms with E-state index in [1.807, 2.05) is 11.0 Å². The van der Waals surface area contributed by atoms with Crippen LogP contribution < -0.4 is 0 Å². The van der Waals surface area contributed by atoms with Crippen LogP contribution in [0.1, 0.15) is 63.3 Å². The Kier molecular flexibility index (Phi) is 4.93. The van der Waals surface area contributed by atoms with Gasteiger partial charge >= 0.3 is 0 Å². The van der Waals surface area contributed by atoms with Gasteiger partial charge in [-0.25, -0.2) is 9.37 Å². The Labute approximate surface area is 148 Å². The number of hydrogen-bond donors (Lipinski definition) is 0. The lowest BCUT2D eigenvalue weighted by Crippen LogP contribution is -2.30. The van der Waals surface area contributed by atoms with Crippen molar-refractivity contribution in [1.82, 2.24) is 9.88 Å². The van der Waals surface area contributed by atoms with E-state index in [0.29, 0.717) is 18.7 Å². The molecule has 1 amide bonds. The number of aryl methyl sites for hydroxylation is 1. The Morgan fingerprint density at radius 2 is 2.20 bits per heavy atom. The second-order valence-electron chi connectivity index (χ2n) is 7.67. The molecule has 0 saturated carbocycles. The molecule has 2 aromatic rings. The number of aromatic nitrogens is 1. The number of carbonyl (C=O) groups is 1. The van der Waals surface area contributed by atoms with E-state index in [2.05, 4.69) is 25.8 Å². The molecule has 1 aromatic heterocycles. The SMILES string of the molecule is CC(C)(C)c1cnc(CCC(=O)N2CCC[C@@H]2c2cccc(F)c2)o1. The minimum Gasteiger partial charge on any atom is -0.445 e. The average molecular weight is 344 g/mol. The van der Waals surface area contributed by atoms with Crippen LogP contribution in [0.3, 0.4) is 0 Å². The van der Waals surface area contributed by atoms with Crippen molar-refractivity contribution in [3.05, 3.63) is 53.5 Å². The van der Waals surface area contributed by atoms with Gasteiger partial charge in [-0.05, 0) is 30.5 Å². The Balaban J connectivity index is 1.63. The maximum absolute atomic E-state index is 13.5. The predicted molar refractivity (Wildman–Crippen MR) is 93.6 cm³/mol. The maximum Gasteiger partial charge on any atom is 0.223 e. The maximum atomic E-state index is 13.5. The van der Waals surface area contributed by atoms with Gasteiger partial charge < -0.3 is 9.32 Å². The molecule has 0 N–H and O–H groups in total. The highest BCUT2D eigenvalue weighted by molar-refractivity contribution is 5.77. The molecule has 0 aliphatic carbocycles. The molecule has 0 spiro atoms. The molecular formula is C20H25FN2O2.